The molecule has 0 bridgehead atoms. The van der Waals surface area contributed by atoms with Crippen molar-refractivity contribution < 1.29 is 22.4 Å². The van der Waals surface area contributed by atoms with Crippen molar-refractivity contribution in [1.29, 1.82) is 0 Å². The molecule has 1 unspecified atom stereocenters. The van der Waals surface area contributed by atoms with Gasteiger partial charge in [0.25, 0.3) is 0 Å². The molecule has 8 nitrogen and oxygen atoms in total. The zero-order chi connectivity index (χ0) is 21.2. The fraction of sp³-hybridized carbons (Fsp3) is 0.579. The van der Waals surface area contributed by atoms with Crippen LogP contribution in [0, 0.1) is 11.7 Å². The lowest BCUT2D eigenvalue weighted by Crippen LogP contribution is -2.52. The van der Waals surface area contributed by atoms with Gasteiger partial charge in [-0.2, -0.15) is 4.31 Å². The number of rotatable bonds is 5. The van der Waals surface area contributed by atoms with Crippen molar-refractivity contribution in [3.05, 3.63) is 30.1 Å². The summed E-state index contributed by atoms with van der Waals surface area (Å²) >= 11 is 0. The lowest BCUT2D eigenvalue weighted by Gasteiger charge is -2.36. The highest BCUT2D eigenvalue weighted by Gasteiger charge is 2.38. The summed E-state index contributed by atoms with van der Waals surface area (Å²) in [7, 11) is -0.305. The molecule has 160 valence electrons. The van der Waals surface area contributed by atoms with Crippen LogP contribution < -0.4 is 0 Å². The lowest BCUT2D eigenvalue weighted by molar-refractivity contribution is -0.137. The maximum Gasteiger partial charge on any atom is 0.243 e. The van der Waals surface area contributed by atoms with Crippen molar-refractivity contribution in [2.24, 2.45) is 5.92 Å². The number of hydrogen-bond acceptors (Lipinski definition) is 5. The molecule has 2 amide bonds. The number of likely N-dealkylation sites (N-methyl/N-ethyl adjacent to an activating group) is 1. The van der Waals surface area contributed by atoms with Crippen LogP contribution in [0.1, 0.15) is 6.42 Å². The second-order valence-electron chi connectivity index (χ2n) is 7.69. The van der Waals surface area contributed by atoms with E-state index in [1.165, 1.54) is 16.4 Å². The predicted molar refractivity (Wildman–Crippen MR) is 105 cm³/mol. The number of carbonyl (C=O) groups excluding carboxylic acids is 2. The highest BCUT2D eigenvalue weighted by atomic mass is 32.2. The molecule has 1 atom stereocenters. The number of halogens is 1. The molecule has 1 aromatic carbocycles. The third-order valence-corrected chi connectivity index (χ3v) is 7.37. The molecule has 0 saturated carbocycles. The molecule has 3 rings (SSSR count). The molecule has 2 aliphatic heterocycles. The van der Waals surface area contributed by atoms with Crippen LogP contribution >= 0.6 is 0 Å². The van der Waals surface area contributed by atoms with E-state index in [9.17, 15) is 22.4 Å². The first-order chi connectivity index (χ1) is 13.7. The van der Waals surface area contributed by atoms with Gasteiger partial charge in [0.15, 0.2) is 0 Å². The van der Waals surface area contributed by atoms with E-state index in [4.69, 9.17) is 0 Å². The number of benzene rings is 1. The first kappa shape index (κ1) is 21.7. The molecule has 2 aliphatic rings. The summed E-state index contributed by atoms with van der Waals surface area (Å²) in [4.78, 5) is 30.0. The summed E-state index contributed by atoms with van der Waals surface area (Å²) in [5, 5.41) is 0. The Labute approximate surface area is 170 Å². The van der Waals surface area contributed by atoms with Crippen LogP contribution in [0.15, 0.2) is 29.2 Å². The summed E-state index contributed by atoms with van der Waals surface area (Å²) in [5.41, 5.74) is 0. The topological polar surface area (TPSA) is 81.2 Å². The molecule has 2 heterocycles. The molecule has 10 heteroatoms. The van der Waals surface area contributed by atoms with Gasteiger partial charge in [0.05, 0.1) is 17.4 Å². The van der Waals surface area contributed by atoms with Crippen LogP contribution in [0.3, 0.4) is 0 Å². The molecule has 1 aromatic rings. The van der Waals surface area contributed by atoms with Gasteiger partial charge in [0, 0.05) is 53.4 Å². The molecule has 2 fully saturated rings. The van der Waals surface area contributed by atoms with Crippen LogP contribution in [-0.2, 0) is 19.6 Å². The van der Waals surface area contributed by atoms with E-state index in [2.05, 4.69) is 0 Å². The van der Waals surface area contributed by atoms with Crippen molar-refractivity contribution >= 4 is 21.8 Å². The minimum Gasteiger partial charge on any atom is -0.348 e. The van der Waals surface area contributed by atoms with E-state index in [1.807, 2.05) is 4.90 Å². The lowest BCUT2D eigenvalue weighted by atomic mass is 10.1. The van der Waals surface area contributed by atoms with Gasteiger partial charge in [-0.05, 0) is 30.7 Å². The molecule has 0 aromatic heterocycles. The second-order valence-corrected chi connectivity index (χ2v) is 9.63. The molecule has 0 spiro atoms. The molecule has 0 radical (unpaired) electrons. The Bertz CT molecular complexity index is 851. The Morgan fingerprint density at radius 3 is 2.28 bits per heavy atom. The predicted octanol–water partition coefficient (Wildman–Crippen LogP) is 0.0687. The third kappa shape index (κ3) is 4.93. The maximum atomic E-state index is 13.1. The average Bonchev–Trinajstić information content (AvgIpc) is 3.19. The van der Waals surface area contributed by atoms with Gasteiger partial charge in [-0.25, -0.2) is 12.8 Å². The summed E-state index contributed by atoms with van der Waals surface area (Å²) in [6.07, 6.45) is 0.471. The van der Waals surface area contributed by atoms with Crippen LogP contribution in [0.4, 0.5) is 4.39 Å². The van der Waals surface area contributed by atoms with Gasteiger partial charge in [0.2, 0.25) is 21.8 Å². The van der Waals surface area contributed by atoms with Crippen LogP contribution in [0.2, 0.25) is 0 Å². The molecular formula is C19H27FN4O4S. The van der Waals surface area contributed by atoms with Crippen LogP contribution in [-0.4, -0.2) is 99.1 Å². The first-order valence-corrected chi connectivity index (χ1v) is 11.1. The highest BCUT2D eigenvalue weighted by molar-refractivity contribution is 7.89. The van der Waals surface area contributed by atoms with Gasteiger partial charge in [0.1, 0.15) is 5.82 Å². The Hall–Kier alpha value is -2.04. The summed E-state index contributed by atoms with van der Waals surface area (Å²) in [6.45, 7) is 3.04. The van der Waals surface area contributed by atoms with Gasteiger partial charge < -0.3 is 9.80 Å². The maximum absolute atomic E-state index is 13.1. The van der Waals surface area contributed by atoms with Crippen LogP contribution in [0.25, 0.3) is 0 Å². The summed E-state index contributed by atoms with van der Waals surface area (Å²) in [5.74, 6) is -0.882. The van der Waals surface area contributed by atoms with Crippen molar-refractivity contribution in [2.45, 2.75) is 11.3 Å². The summed E-state index contributed by atoms with van der Waals surface area (Å²) in [6, 6.07) is 4.72. The van der Waals surface area contributed by atoms with E-state index in [-0.39, 0.29) is 35.7 Å². The largest absolute Gasteiger partial charge is 0.348 e. The van der Waals surface area contributed by atoms with E-state index >= 15 is 0 Å². The molecule has 29 heavy (non-hydrogen) atoms. The van der Waals surface area contributed by atoms with Crippen LogP contribution in [0.5, 0.6) is 0 Å². The monoisotopic (exact) mass is 426 g/mol. The molecule has 0 aliphatic carbocycles. The van der Waals surface area contributed by atoms with Crippen molar-refractivity contribution in [2.75, 3.05) is 59.9 Å². The Kier molecular flexibility index (Phi) is 6.55. The number of sulfonamides is 1. The van der Waals surface area contributed by atoms with E-state index < -0.39 is 15.8 Å². The summed E-state index contributed by atoms with van der Waals surface area (Å²) < 4.78 is 39.8. The first-order valence-electron chi connectivity index (χ1n) is 9.65. The number of hydrogen-bond donors (Lipinski definition) is 0. The van der Waals surface area contributed by atoms with Crippen molar-refractivity contribution in [3.63, 3.8) is 0 Å². The standard InChI is InChI=1S/C19H27FN4O4S/c1-21(2)18(25)14-22-9-11-23(12-10-22)19(26)15-7-8-24(13-15)29(27,28)17-5-3-16(20)4-6-17/h3-6,15H,7-14H2,1-2H3. The van der Waals surface area contributed by atoms with E-state index in [1.54, 1.807) is 23.9 Å². The average molecular weight is 427 g/mol. The number of nitrogens with zero attached hydrogens (tertiary/aromatic N) is 4. The number of piperazine rings is 1. The smallest absolute Gasteiger partial charge is 0.243 e. The Balaban J connectivity index is 1.54. The van der Waals surface area contributed by atoms with Crippen molar-refractivity contribution in [1.82, 2.24) is 19.0 Å². The van der Waals surface area contributed by atoms with Gasteiger partial charge in [-0.1, -0.05) is 0 Å². The normalized spacial score (nSPS) is 21.3. The second kappa shape index (κ2) is 8.76. The van der Waals surface area contributed by atoms with E-state index in [0.29, 0.717) is 39.1 Å². The molecular weight excluding hydrogens is 399 g/mol. The minimum atomic E-state index is -3.74. The third-order valence-electron chi connectivity index (χ3n) is 5.49. The number of amides is 2. The molecule has 0 N–H and O–H groups in total. The van der Waals surface area contributed by atoms with Gasteiger partial charge in [-0.15, -0.1) is 0 Å². The quantitative estimate of drug-likeness (QED) is 0.666. The van der Waals surface area contributed by atoms with Gasteiger partial charge >= 0.3 is 0 Å². The zero-order valence-corrected chi connectivity index (χ0v) is 17.6. The van der Waals surface area contributed by atoms with E-state index in [0.717, 1.165) is 12.1 Å². The minimum absolute atomic E-state index is 0.0298. The molecule has 2 saturated heterocycles. The highest BCUT2D eigenvalue weighted by Crippen LogP contribution is 2.26. The zero-order valence-electron chi connectivity index (χ0n) is 16.8. The van der Waals surface area contributed by atoms with Crippen molar-refractivity contribution in [3.8, 4) is 0 Å². The number of carbonyl (C=O) groups is 2. The SMILES string of the molecule is CN(C)C(=O)CN1CCN(C(=O)C2CCN(S(=O)(=O)c3ccc(F)cc3)C2)CC1. The fourth-order valence-corrected chi connectivity index (χ4v) is 5.12. The Morgan fingerprint density at radius 2 is 1.69 bits per heavy atom. The van der Waals surface area contributed by atoms with Gasteiger partial charge in [-0.3, -0.25) is 14.5 Å². The Morgan fingerprint density at radius 1 is 1.07 bits per heavy atom. The fourth-order valence-electron chi connectivity index (χ4n) is 3.62.